The van der Waals surface area contributed by atoms with E-state index in [1.54, 1.807) is 69.3 Å². The first-order valence-electron chi connectivity index (χ1n) is 14.2. The van der Waals surface area contributed by atoms with Gasteiger partial charge < -0.3 is 40.5 Å². The number of carbonyl (C=O) groups excluding carboxylic acids is 3. The molecule has 15 nitrogen and oxygen atoms in total. The molecular formula is C31H32N6O9. The molecule has 4 rings (SSSR count). The molecule has 0 radical (unpaired) electrons. The van der Waals surface area contributed by atoms with Crippen molar-refractivity contribution in [2.45, 2.75) is 33.2 Å². The van der Waals surface area contributed by atoms with Crippen molar-refractivity contribution in [3.8, 4) is 22.5 Å². The molecule has 240 valence electrons. The van der Waals surface area contributed by atoms with Crippen LogP contribution in [-0.4, -0.2) is 62.9 Å². The third kappa shape index (κ3) is 8.78. The summed E-state index contributed by atoms with van der Waals surface area (Å²) in [6.07, 6.45) is -0.0709. The summed E-state index contributed by atoms with van der Waals surface area (Å²) in [7, 11) is 0. The molecule has 0 aliphatic heterocycles. The molecule has 2 aromatic heterocycles. The van der Waals surface area contributed by atoms with Crippen molar-refractivity contribution in [3.63, 3.8) is 0 Å². The molecule has 2 heterocycles. The summed E-state index contributed by atoms with van der Waals surface area (Å²) in [6.45, 7) is 5.23. The Balaban J connectivity index is 1.28. The van der Waals surface area contributed by atoms with E-state index in [0.717, 1.165) is 0 Å². The summed E-state index contributed by atoms with van der Waals surface area (Å²) in [5.41, 5.74) is 2.96. The maximum atomic E-state index is 12.6. The highest BCUT2D eigenvalue weighted by Crippen LogP contribution is 2.23. The smallest absolute Gasteiger partial charge is 0.326 e. The first-order valence-corrected chi connectivity index (χ1v) is 14.2. The lowest BCUT2D eigenvalue weighted by atomic mass is 10.0. The Morgan fingerprint density at radius 1 is 0.739 bits per heavy atom. The van der Waals surface area contributed by atoms with Crippen molar-refractivity contribution in [2.24, 2.45) is 11.8 Å². The van der Waals surface area contributed by atoms with E-state index in [1.165, 1.54) is 12.1 Å². The number of urea groups is 1. The lowest BCUT2D eigenvalue weighted by molar-refractivity contribution is -0.140. The first-order chi connectivity index (χ1) is 21.9. The Morgan fingerprint density at radius 3 is 1.65 bits per heavy atom. The van der Waals surface area contributed by atoms with Crippen molar-refractivity contribution in [3.05, 3.63) is 72.2 Å². The van der Waals surface area contributed by atoms with Crippen LogP contribution in [0.5, 0.6) is 0 Å². The van der Waals surface area contributed by atoms with Crippen LogP contribution in [0.3, 0.4) is 0 Å². The monoisotopic (exact) mass is 632 g/mol. The molecule has 2 aromatic carbocycles. The van der Waals surface area contributed by atoms with E-state index >= 15 is 0 Å². The van der Waals surface area contributed by atoms with Crippen molar-refractivity contribution < 1.29 is 43.2 Å². The number of aliphatic carboxylic acids is 2. The van der Waals surface area contributed by atoms with Gasteiger partial charge in [0.15, 0.2) is 0 Å². The molecule has 0 spiro atoms. The van der Waals surface area contributed by atoms with Crippen molar-refractivity contribution >= 4 is 41.2 Å². The summed E-state index contributed by atoms with van der Waals surface area (Å²) in [5, 5.41) is 36.4. The Labute approximate surface area is 262 Å². The fraction of sp³-hybridized carbons (Fsp3) is 0.258. The predicted molar refractivity (Wildman–Crippen MR) is 164 cm³/mol. The number of nitrogens with zero attached hydrogens (tertiary/aromatic N) is 2. The molecular weight excluding hydrogens is 600 g/mol. The van der Waals surface area contributed by atoms with Gasteiger partial charge in [0.1, 0.15) is 17.4 Å². The number of carboxylic acid groups (broad SMARTS) is 2. The Morgan fingerprint density at radius 2 is 1.22 bits per heavy atom. The zero-order chi connectivity index (χ0) is 33.4. The maximum absolute atomic E-state index is 12.6. The van der Waals surface area contributed by atoms with E-state index in [1.807, 2.05) is 0 Å². The van der Waals surface area contributed by atoms with Gasteiger partial charge in [0.25, 0.3) is 11.8 Å². The minimum Gasteiger partial charge on any atom is -0.481 e. The van der Waals surface area contributed by atoms with E-state index in [4.69, 9.17) is 14.2 Å². The highest BCUT2D eigenvalue weighted by atomic mass is 16.5. The summed E-state index contributed by atoms with van der Waals surface area (Å²) < 4.78 is 10.2. The molecule has 2 atom stereocenters. The van der Waals surface area contributed by atoms with Crippen molar-refractivity contribution in [2.75, 3.05) is 17.2 Å². The molecule has 0 fully saturated rings. The van der Waals surface area contributed by atoms with E-state index in [0.29, 0.717) is 33.9 Å². The fourth-order valence-corrected chi connectivity index (χ4v) is 4.23. The summed E-state index contributed by atoms with van der Waals surface area (Å²) >= 11 is 0. The fourth-order valence-electron chi connectivity index (χ4n) is 4.23. The summed E-state index contributed by atoms with van der Waals surface area (Å²) in [4.78, 5) is 59.4. The van der Waals surface area contributed by atoms with Gasteiger partial charge in [-0.05, 0) is 36.1 Å². The minimum absolute atomic E-state index is 0.0184. The summed E-state index contributed by atoms with van der Waals surface area (Å²) in [6, 6.07) is 14.6. The quantitative estimate of drug-likeness (QED) is 0.122. The maximum Gasteiger partial charge on any atom is 0.326 e. The Hall–Kier alpha value is -5.99. The number of amides is 4. The van der Waals surface area contributed by atoms with Gasteiger partial charge in [0.05, 0.1) is 0 Å². The second-order valence-electron chi connectivity index (χ2n) is 10.8. The van der Waals surface area contributed by atoms with Crippen LogP contribution < -0.4 is 21.3 Å². The molecule has 2 unspecified atom stereocenters. The molecule has 0 aliphatic carbocycles. The van der Waals surface area contributed by atoms with Crippen molar-refractivity contribution in [1.29, 1.82) is 0 Å². The number of carbonyl (C=O) groups is 5. The van der Waals surface area contributed by atoms with E-state index in [-0.39, 0.29) is 36.3 Å². The highest BCUT2D eigenvalue weighted by molar-refractivity contribution is 6.00. The first kappa shape index (κ1) is 32.9. The van der Waals surface area contributed by atoms with Gasteiger partial charge in [0.2, 0.25) is 11.5 Å². The number of benzene rings is 2. The molecule has 6 N–H and O–H groups in total. The minimum atomic E-state index is -1.15. The molecule has 0 saturated carbocycles. The zero-order valence-corrected chi connectivity index (χ0v) is 25.1. The van der Waals surface area contributed by atoms with Crippen LogP contribution in [0.2, 0.25) is 0 Å². The second-order valence-corrected chi connectivity index (χ2v) is 10.8. The van der Waals surface area contributed by atoms with Crippen LogP contribution >= 0.6 is 0 Å². The molecule has 15 heteroatoms. The standard InChI is InChI=1S/C31H32N6O9/c1-16(2)27(30(42)43)35-29(41)25-14-23(37-46-25)19-6-10-21(11-7-19)34-31(44)33-20-8-4-18(5-9-20)22-13-24(45-36-22)28(40)32-15-17(3)12-26(38)39/h4-11,13-14,16-17,27H,12,15H2,1-3H3,(H,32,40)(H,35,41)(H,38,39)(H,42,43)(H2,33,34,44). The van der Waals surface area contributed by atoms with E-state index < -0.39 is 35.8 Å². The number of aromatic nitrogens is 2. The molecule has 4 amide bonds. The predicted octanol–water partition coefficient (Wildman–Crippen LogP) is 4.32. The van der Waals surface area contributed by atoms with Crippen molar-refractivity contribution in [1.82, 2.24) is 20.9 Å². The molecule has 46 heavy (non-hydrogen) atoms. The zero-order valence-electron chi connectivity index (χ0n) is 25.1. The SMILES string of the molecule is CC(CNC(=O)c1cc(-c2ccc(NC(=O)Nc3ccc(-c4cc(C(=O)NC(C(=O)O)C(C)C)on4)cc3)cc2)no1)CC(=O)O. The van der Waals surface area contributed by atoms with Gasteiger partial charge in [-0.15, -0.1) is 0 Å². The number of rotatable bonds is 13. The van der Waals surface area contributed by atoms with Crippen LogP contribution in [0.15, 0.2) is 69.7 Å². The molecule has 0 aliphatic rings. The third-order valence-electron chi connectivity index (χ3n) is 6.70. The average Bonchev–Trinajstić information content (AvgIpc) is 3.70. The lowest BCUT2D eigenvalue weighted by Gasteiger charge is -2.16. The molecule has 4 aromatic rings. The number of hydrogen-bond donors (Lipinski definition) is 6. The normalized spacial score (nSPS) is 12.2. The average molecular weight is 633 g/mol. The van der Waals surface area contributed by atoms with Crippen LogP contribution in [-0.2, 0) is 9.59 Å². The topological polar surface area (TPSA) is 226 Å². The highest BCUT2D eigenvalue weighted by Gasteiger charge is 2.26. The Bertz CT molecular complexity index is 1710. The van der Waals surface area contributed by atoms with Gasteiger partial charge in [-0.3, -0.25) is 14.4 Å². The van der Waals surface area contributed by atoms with Gasteiger partial charge in [-0.25, -0.2) is 9.59 Å². The van der Waals surface area contributed by atoms with Gasteiger partial charge in [-0.1, -0.05) is 55.4 Å². The number of carboxylic acids is 2. The number of nitrogens with one attached hydrogen (secondary N) is 4. The van der Waals surface area contributed by atoms with E-state index in [9.17, 15) is 29.1 Å². The third-order valence-corrected chi connectivity index (χ3v) is 6.70. The number of anilines is 2. The van der Waals surface area contributed by atoms with Crippen LogP contribution in [0.25, 0.3) is 22.5 Å². The number of hydrogen-bond acceptors (Lipinski definition) is 9. The van der Waals surface area contributed by atoms with Crippen LogP contribution in [0.4, 0.5) is 16.2 Å². The van der Waals surface area contributed by atoms with Crippen LogP contribution in [0, 0.1) is 11.8 Å². The van der Waals surface area contributed by atoms with Gasteiger partial charge >= 0.3 is 18.0 Å². The Kier molecular flexibility index (Phi) is 10.5. The summed E-state index contributed by atoms with van der Waals surface area (Å²) in [5.74, 6) is -4.04. The largest absolute Gasteiger partial charge is 0.481 e. The molecule has 0 saturated heterocycles. The van der Waals surface area contributed by atoms with Gasteiger partial charge in [0, 0.05) is 47.6 Å². The molecule has 0 bridgehead atoms. The van der Waals surface area contributed by atoms with E-state index in [2.05, 4.69) is 31.6 Å². The second kappa shape index (κ2) is 14.7. The lowest BCUT2D eigenvalue weighted by Crippen LogP contribution is -2.44. The van der Waals surface area contributed by atoms with Gasteiger partial charge in [-0.2, -0.15) is 0 Å². The van der Waals surface area contributed by atoms with Crippen LogP contribution in [0.1, 0.15) is 48.3 Å².